The zero-order valence-corrected chi connectivity index (χ0v) is 27.8. The van der Waals surface area contributed by atoms with Crippen molar-refractivity contribution in [2.45, 2.75) is 78.6 Å². The lowest BCUT2D eigenvalue weighted by Crippen LogP contribution is -2.06. The third kappa shape index (κ3) is 7.67. The second-order valence-corrected chi connectivity index (χ2v) is 12.2. The average Bonchev–Trinajstić information content (AvgIpc) is 3.37. The molecule has 0 spiro atoms. The Hall–Kier alpha value is -4.44. The zero-order chi connectivity index (χ0) is 32.3. The molecule has 0 bridgehead atoms. The van der Waals surface area contributed by atoms with E-state index in [-0.39, 0.29) is 10.9 Å². The van der Waals surface area contributed by atoms with Gasteiger partial charge in [0.1, 0.15) is 0 Å². The number of aryl methyl sites for hydroxylation is 1. The monoisotopic (exact) mass is 612 g/mol. The number of nitrogens with one attached hydrogen (secondary N) is 2. The molecule has 5 aromatic rings. The van der Waals surface area contributed by atoms with Gasteiger partial charge in [0, 0.05) is 13.1 Å². The first-order valence-corrected chi connectivity index (χ1v) is 17.3. The van der Waals surface area contributed by atoms with E-state index < -0.39 is 0 Å². The fraction of sp³-hybridized carbons (Fsp3) is 0.333. The number of unbranched alkanes of at least 4 members (excludes halogenated alkanes) is 7. The standard InChI is InChI=1S/C42H48N2O2/c1-4-7-8-9-10-11-12-13-16-34-35-19-14-17-32(30-21-25-39(43-5-2)41(45)27-23-30)37(35)29-38-33(18-15-20-36(34)38)31-22-26-40(44-6-3)42(46)28-24-31/h14-15,17-29H,4-13,16H2,1-3H3,(H,43,45)(H,44,46). The van der Waals surface area contributed by atoms with E-state index in [0.29, 0.717) is 24.5 Å². The SMILES string of the molecule is CCCCCCCCCCc1c2cccc(-c3ccc(NCC)c(=O)cc3)c2cc2c(-c3ccc(NCC)c(=O)cc3)cccc12. The van der Waals surface area contributed by atoms with Crippen LogP contribution in [0.1, 0.15) is 77.7 Å². The predicted molar refractivity (Wildman–Crippen MR) is 200 cm³/mol. The van der Waals surface area contributed by atoms with E-state index in [1.807, 2.05) is 38.1 Å². The minimum atomic E-state index is -0.0110. The van der Waals surface area contributed by atoms with Crippen molar-refractivity contribution in [1.82, 2.24) is 0 Å². The molecule has 0 aliphatic heterocycles. The van der Waals surface area contributed by atoms with Gasteiger partial charge in [-0.1, -0.05) is 113 Å². The zero-order valence-electron chi connectivity index (χ0n) is 27.8. The molecule has 0 aromatic heterocycles. The topological polar surface area (TPSA) is 58.2 Å². The Kier molecular flexibility index (Phi) is 11.6. The molecule has 5 aromatic carbocycles. The van der Waals surface area contributed by atoms with Crippen LogP contribution in [0.5, 0.6) is 0 Å². The Balaban J connectivity index is 1.65. The maximum Gasteiger partial charge on any atom is 0.201 e. The summed E-state index contributed by atoms with van der Waals surface area (Å²) < 4.78 is 0. The highest BCUT2D eigenvalue weighted by Gasteiger charge is 2.15. The number of fused-ring (bicyclic) bond motifs is 2. The molecule has 4 nitrogen and oxygen atoms in total. The van der Waals surface area contributed by atoms with Crippen LogP contribution in [0.25, 0.3) is 43.8 Å². The number of rotatable bonds is 15. The van der Waals surface area contributed by atoms with Gasteiger partial charge in [0.05, 0.1) is 11.4 Å². The second-order valence-electron chi connectivity index (χ2n) is 12.2. The summed E-state index contributed by atoms with van der Waals surface area (Å²) >= 11 is 0. The Labute approximate surface area is 273 Å². The summed E-state index contributed by atoms with van der Waals surface area (Å²) in [5, 5.41) is 11.3. The van der Waals surface area contributed by atoms with Gasteiger partial charge in [-0.3, -0.25) is 9.59 Å². The summed E-state index contributed by atoms with van der Waals surface area (Å²) in [5.74, 6) is 0. The third-order valence-electron chi connectivity index (χ3n) is 9.01. The Bertz CT molecular complexity index is 1790. The van der Waals surface area contributed by atoms with Crippen molar-refractivity contribution in [2.24, 2.45) is 0 Å². The summed E-state index contributed by atoms with van der Waals surface area (Å²) in [4.78, 5) is 25.5. The fourth-order valence-electron chi connectivity index (χ4n) is 6.63. The van der Waals surface area contributed by atoms with Crippen molar-refractivity contribution >= 4 is 32.9 Å². The van der Waals surface area contributed by atoms with Crippen LogP contribution in [-0.2, 0) is 6.42 Å². The molecule has 4 heteroatoms. The highest BCUT2D eigenvalue weighted by molar-refractivity contribution is 6.11. The molecule has 0 radical (unpaired) electrons. The van der Waals surface area contributed by atoms with Crippen LogP contribution >= 0.6 is 0 Å². The molecule has 0 saturated carbocycles. The summed E-state index contributed by atoms with van der Waals surface area (Å²) in [6, 6.07) is 30.6. The molecule has 0 amide bonds. The van der Waals surface area contributed by atoms with Gasteiger partial charge in [-0.25, -0.2) is 0 Å². The van der Waals surface area contributed by atoms with Gasteiger partial charge in [-0.05, 0) is 106 Å². The van der Waals surface area contributed by atoms with Crippen LogP contribution in [0, 0.1) is 0 Å². The molecular formula is C42H48N2O2. The van der Waals surface area contributed by atoms with Crippen LogP contribution in [0.4, 0.5) is 11.4 Å². The highest BCUT2D eigenvalue weighted by atomic mass is 16.1. The first-order valence-electron chi connectivity index (χ1n) is 17.3. The summed E-state index contributed by atoms with van der Waals surface area (Å²) in [7, 11) is 0. The quantitative estimate of drug-likeness (QED) is 0.0912. The van der Waals surface area contributed by atoms with Gasteiger partial charge in [-0.2, -0.15) is 0 Å². The Morgan fingerprint density at radius 1 is 0.478 bits per heavy atom. The van der Waals surface area contributed by atoms with E-state index in [0.717, 1.165) is 35.1 Å². The van der Waals surface area contributed by atoms with E-state index in [1.165, 1.54) is 72.1 Å². The minimum absolute atomic E-state index is 0.0110. The first kappa shape index (κ1) is 32.9. The molecule has 0 aliphatic carbocycles. The van der Waals surface area contributed by atoms with Crippen LogP contribution in [-0.4, -0.2) is 13.1 Å². The molecule has 2 N–H and O–H groups in total. The van der Waals surface area contributed by atoms with Crippen molar-refractivity contribution in [3.8, 4) is 22.3 Å². The Morgan fingerprint density at radius 3 is 1.41 bits per heavy atom. The molecule has 0 saturated heterocycles. The Morgan fingerprint density at radius 2 is 0.935 bits per heavy atom. The van der Waals surface area contributed by atoms with E-state index in [1.54, 1.807) is 12.1 Å². The molecule has 5 rings (SSSR count). The van der Waals surface area contributed by atoms with Crippen molar-refractivity contribution in [1.29, 1.82) is 0 Å². The number of benzene rings is 3. The summed E-state index contributed by atoms with van der Waals surface area (Å²) in [6.45, 7) is 7.66. The van der Waals surface area contributed by atoms with Crippen LogP contribution in [0.15, 0.2) is 101 Å². The molecule has 0 unspecified atom stereocenters. The van der Waals surface area contributed by atoms with E-state index in [4.69, 9.17) is 0 Å². The van der Waals surface area contributed by atoms with Crippen molar-refractivity contribution in [3.63, 3.8) is 0 Å². The molecule has 0 fully saturated rings. The van der Waals surface area contributed by atoms with Gasteiger partial charge < -0.3 is 10.6 Å². The lowest BCUT2D eigenvalue weighted by atomic mass is 9.87. The lowest BCUT2D eigenvalue weighted by Gasteiger charge is -2.17. The number of anilines is 2. The molecule has 0 aliphatic rings. The molecule has 0 heterocycles. The summed E-state index contributed by atoms with van der Waals surface area (Å²) in [5.41, 5.74) is 6.83. The van der Waals surface area contributed by atoms with Gasteiger partial charge in [0.15, 0.2) is 0 Å². The first-order chi connectivity index (χ1) is 22.5. The highest BCUT2D eigenvalue weighted by Crippen LogP contribution is 2.39. The van der Waals surface area contributed by atoms with Crippen LogP contribution < -0.4 is 21.5 Å². The van der Waals surface area contributed by atoms with Crippen molar-refractivity contribution < 1.29 is 0 Å². The van der Waals surface area contributed by atoms with Gasteiger partial charge in [-0.15, -0.1) is 0 Å². The average molecular weight is 613 g/mol. The lowest BCUT2D eigenvalue weighted by molar-refractivity contribution is 0.576. The van der Waals surface area contributed by atoms with Gasteiger partial charge in [0.2, 0.25) is 10.9 Å². The third-order valence-corrected chi connectivity index (χ3v) is 9.01. The summed E-state index contributed by atoms with van der Waals surface area (Å²) in [6.07, 6.45) is 11.3. The van der Waals surface area contributed by atoms with E-state index in [2.05, 4.69) is 72.2 Å². The van der Waals surface area contributed by atoms with Crippen LogP contribution in [0.2, 0.25) is 0 Å². The largest absolute Gasteiger partial charge is 0.382 e. The predicted octanol–water partition coefficient (Wildman–Crippen LogP) is 10.6. The molecule has 46 heavy (non-hydrogen) atoms. The number of hydrogen-bond acceptors (Lipinski definition) is 4. The van der Waals surface area contributed by atoms with Crippen molar-refractivity contribution in [3.05, 3.63) is 117 Å². The molecule has 238 valence electrons. The molecular weight excluding hydrogens is 564 g/mol. The van der Waals surface area contributed by atoms with Crippen molar-refractivity contribution in [2.75, 3.05) is 23.7 Å². The second kappa shape index (κ2) is 16.2. The minimum Gasteiger partial charge on any atom is -0.382 e. The normalized spacial score (nSPS) is 11.2. The van der Waals surface area contributed by atoms with Gasteiger partial charge >= 0.3 is 0 Å². The van der Waals surface area contributed by atoms with E-state index in [9.17, 15) is 9.59 Å². The maximum atomic E-state index is 12.8. The maximum absolute atomic E-state index is 12.8. The van der Waals surface area contributed by atoms with E-state index >= 15 is 0 Å². The number of hydrogen-bond donors (Lipinski definition) is 2. The fourth-order valence-corrected chi connectivity index (χ4v) is 6.63. The molecule has 0 atom stereocenters. The van der Waals surface area contributed by atoms with Crippen LogP contribution in [0.3, 0.4) is 0 Å². The van der Waals surface area contributed by atoms with Gasteiger partial charge in [0.25, 0.3) is 0 Å². The smallest absolute Gasteiger partial charge is 0.201 e.